The van der Waals surface area contributed by atoms with Crippen molar-refractivity contribution in [1.29, 1.82) is 0 Å². The van der Waals surface area contributed by atoms with Crippen molar-refractivity contribution in [2.45, 2.75) is 25.9 Å². The normalized spacial score (nSPS) is 11.9. The average molecular weight is 244 g/mol. The van der Waals surface area contributed by atoms with Crippen molar-refractivity contribution in [1.82, 2.24) is 5.32 Å². The first-order valence-corrected chi connectivity index (χ1v) is 5.93. The summed E-state index contributed by atoms with van der Waals surface area (Å²) in [6.45, 7) is 2.63. The van der Waals surface area contributed by atoms with Gasteiger partial charge >= 0.3 is 0 Å². The van der Waals surface area contributed by atoms with Crippen molar-refractivity contribution in [2.24, 2.45) is 0 Å². The lowest BCUT2D eigenvalue weighted by Crippen LogP contribution is -2.31. The fourth-order valence-corrected chi connectivity index (χ4v) is 2.16. The van der Waals surface area contributed by atoms with Crippen molar-refractivity contribution < 1.29 is 5.11 Å². The summed E-state index contributed by atoms with van der Waals surface area (Å²) in [7, 11) is 0. The third-order valence-corrected chi connectivity index (χ3v) is 3.17. The quantitative estimate of drug-likeness (QED) is 0.778. The van der Waals surface area contributed by atoms with E-state index in [-0.39, 0.29) is 12.6 Å². The van der Waals surface area contributed by atoms with Crippen molar-refractivity contribution in [3.8, 4) is 11.8 Å². The maximum absolute atomic E-state index is 9.08. The topological polar surface area (TPSA) is 32.3 Å². The summed E-state index contributed by atoms with van der Waals surface area (Å²) in [6.07, 6.45) is 0.673. The van der Waals surface area contributed by atoms with Crippen LogP contribution in [0.5, 0.6) is 0 Å². The molecule has 2 nitrogen and oxygen atoms in total. The summed E-state index contributed by atoms with van der Waals surface area (Å²) in [5.74, 6) is 5.76. The maximum atomic E-state index is 9.08. The van der Waals surface area contributed by atoms with Crippen molar-refractivity contribution in [2.75, 3.05) is 6.61 Å². The number of hydrogen-bond donors (Lipinski definition) is 2. The highest BCUT2D eigenvalue weighted by molar-refractivity contribution is 7.16. The highest BCUT2D eigenvalue weighted by Gasteiger charge is 2.05. The first-order chi connectivity index (χ1) is 7.26. The van der Waals surface area contributed by atoms with E-state index in [9.17, 15) is 0 Å². The fourth-order valence-electron chi connectivity index (χ4n) is 1.12. The van der Waals surface area contributed by atoms with Crippen molar-refractivity contribution in [3.05, 3.63) is 21.3 Å². The lowest BCUT2D eigenvalue weighted by atomic mass is 10.2. The molecule has 2 N–H and O–H groups in total. The third-order valence-electron chi connectivity index (χ3n) is 1.94. The SMILES string of the molecule is CC#CCC(CO)NCc1ccc(Cl)s1. The van der Waals surface area contributed by atoms with Gasteiger partial charge in [-0.3, -0.25) is 0 Å². The first-order valence-electron chi connectivity index (χ1n) is 4.74. The molecule has 1 rings (SSSR count). The lowest BCUT2D eigenvalue weighted by molar-refractivity contribution is 0.244. The molecule has 0 radical (unpaired) electrons. The minimum absolute atomic E-state index is 0.0401. The van der Waals surface area contributed by atoms with Gasteiger partial charge in [-0.1, -0.05) is 11.6 Å². The van der Waals surface area contributed by atoms with Crippen LogP contribution >= 0.6 is 22.9 Å². The Kier molecular flexibility index (Phi) is 5.74. The molecule has 0 aliphatic rings. The molecule has 0 aromatic carbocycles. The Balaban J connectivity index is 2.36. The van der Waals surface area contributed by atoms with Gasteiger partial charge in [0, 0.05) is 23.9 Å². The number of aliphatic hydroxyl groups is 1. The fraction of sp³-hybridized carbons (Fsp3) is 0.455. The molecule has 0 bridgehead atoms. The van der Waals surface area contributed by atoms with Gasteiger partial charge in [-0.15, -0.1) is 23.2 Å². The van der Waals surface area contributed by atoms with Crippen LogP contribution in [0.3, 0.4) is 0 Å². The Labute approximate surface area is 99.3 Å². The Morgan fingerprint density at radius 2 is 2.40 bits per heavy atom. The molecule has 0 aliphatic carbocycles. The van der Waals surface area contributed by atoms with Crippen LogP contribution in [0, 0.1) is 11.8 Å². The molecule has 15 heavy (non-hydrogen) atoms. The standard InChI is InChI=1S/C11H14ClNOS/c1-2-3-4-9(8-14)13-7-10-5-6-11(12)15-10/h5-6,9,13-14H,4,7-8H2,1H3. The summed E-state index contributed by atoms with van der Waals surface area (Å²) in [6, 6.07) is 3.90. The zero-order valence-corrected chi connectivity index (χ0v) is 10.2. The minimum atomic E-state index is 0.0401. The number of nitrogens with one attached hydrogen (secondary N) is 1. The van der Waals surface area contributed by atoms with Gasteiger partial charge in [0.2, 0.25) is 0 Å². The highest BCUT2D eigenvalue weighted by atomic mass is 35.5. The molecule has 0 fully saturated rings. The monoisotopic (exact) mass is 243 g/mol. The first kappa shape index (κ1) is 12.5. The molecule has 0 saturated heterocycles. The molecule has 0 spiro atoms. The Morgan fingerprint density at radius 3 is 2.93 bits per heavy atom. The van der Waals surface area contributed by atoms with Crippen LogP contribution in [0.1, 0.15) is 18.2 Å². The van der Waals surface area contributed by atoms with Crippen molar-refractivity contribution in [3.63, 3.8) is 0 Å². The molecule has 0 saturated carbocycles. The van der Waals surface area contributed by atoms with E-state index in [1.54, 1.807) is 18.3 Å². The molecule has 1 aromatic rings. The molecule has 1 heterocycles. The maximum Gasteiger partial charge on any atom is 0.0931 e. The lowest BCUT2D eigenvalue weighted by Gasteiger charge is -2.12. The molecule has 82 valence electrons. The van der Waals surface area contributed by atoms with E-state index < -0.39 is 0 Å². The minimum Gasteiger partial charge on any atom is -0.395 e. The zero-order chi connectivity index (χ0) is 11.1. The number of aliphatic hydroxyl groups excluding tert-OH is 1. The summed E-state index contributed by atoms with van der Waals surface area (Å²) in [5.41, 5.74) is 0. The summed E-state index contributed by atoms with van der Waals surface area (Å²) < 4.78 is 0.792. The van der Waals surface area contributed by atoms with E-state index >= 15 is 0 Å². The second kappa shape index (κ2) is 6.86. The molecule has 1 aromatic heterocycles. The van der Waals surface area contributed by atoms with Gasteiger partial charge in [-0.25, -0.2) is 0 Å². The van der Waals surface area contributed by atoms with E-state index in [2.05, 4.69) is 17.2 Å². The predicted molar refractivity (Wildman–Crippen MR) is 65.1 cm³/mol. The van der Waals surface area contributed by atoms with Gasteiger partial charge < -0.3 is 10.4 Å². The molecular weight excluding hydrogens is 230 g/mol. The van der Waals surface area contributed by atoms with Crippen molar-refractivity contribution >= 4 is 22.9 Å². The number of thiophene rings is 1. The Morgan fingerprint density at radius 1 is 1.60 bits per heavy atom. The van der Waals surface area contributed by atoms with Gasteiger partial charge in [-0.2, -0.15) is 0 Å². The molecule has 1 unspecified atom stereocenters. The van der Waals surface area contributed by atoms with Crippen LogP contribution in [0.4, 0.5) is 0 Å². The summed E-state index contributed by atoms with van der Waals surface area (Å²) in [5, 5.41) is 12.3. The van der Waals surface area contributed by atoms with Gasteiger partial charge in [-0.05, 0) is 19.1 Å². The molecule has 1 atom stereocenters. The molecular formula is C11H14ClNOS. The Bertz CT molecular complexity index is 353. The predicted octanol–water partition coefficient (Wildman–Crippen LogP) is 2.27. The van der Waals surface area contributed by atoms with Crippen LogP contribution in [-0.2, 0) is 6.54 Å². The summed E-state index contributed by atoms with van der Waals surface area (Å²) >= 11 is 7.36. The van der Waals surface area contributed by atoms with E-state index in [1.807, 2.05) is 12.1 Å². The van der Waals surface area contributed by atoms with Crippen LogP contribution in [0.25, 0.3) is 0 Å². The second-order valence-electron chi connectivity index (χ2n) is 3.10. The molecule has 0 aliphatic heterocycles. The van der Waals surface area contributed by atoms with Crippen LogP contribution in [-0.4, -0.2) is 17.8 Å². The molecule has 4 heteroatoms. The number of halogens is 1. The molecule has 0 amide bonds. The van der Waals surface area contributed by atoms with Crippen LogP contribution in [0.15, 0.2) is 12.1 Å². The Hall–Kier alpha value is -0.530. The number of hydrogen-bond acceptors (Lipinski definition) is 3. The van der Waals surface area contributed by atoms with Crippen LogP contribution < -0.4 is 5.32 Å². The largest absolute Gasteiger partial charge is 0.395 e. The smallest absolute Gasteiger partial charge is 0.0931 e. The highest BCUT2D eigenvalue weighted by Crippen LogP contribution is 2.21. The summed E-state index contributed by atoms with van der Waals surface area (Å²) in [4.78, 5) is 1.17. The average Bonchev–Trinajstić information content (AvgIpc) is 2.65. The van der Waals surface area contributed by atoms with Crippen LogP contribution in [0.2, 0.25) is 4.34 Å². The van der Waals surface area contributed by atoms with Gasteiger partial charge in [0.15, 0.2) is 0 Å². The van der Waals surface area contributed by atoms with E-state index in [0.29, 0.717) is 6.42 Å². The van der Waals surface area contributed by atoms with E-state index in [1.165, 1.54) is 4.88 Å². The third kappa shape index (κ3) is 4.67. The van der Waals surface area contributed by atoms with Gasteiger partial charge in [0.1, 0.15) is 0 Å². The number of rotatable bonds is 5. The van der Waals surface area contributed by atoms with E-state index in [0.717, 1.165) is 10.9 Å². The van der Waals surface area contributed by atoms with Gasteiger partial charge in [0.05, 0.1) is 10.9 Å². The second-order valence-corrected chi connectivity index (χ2v) is 4.90. The zero-order valence-electron chi connectivity index (χ0n) is 8.59. The van der Waals surface area contributed by atoms with E-state index in [4.69, 9.17) is 16.7 Å². The van der Waals surface area contributed by atoms with Gasteiger partial charge in [0.25, 0.3) is 0 Å².